The molecule has 8 nitrogen and oxygen atoms in total. The van der Waals surface area contributed by atoms with Gasteiger partial charge in [-0.15, -0.1) is 0 Å². The molecule has 0 unspecified atom stereocenters. The van der Waals surface area contributed by atoms with E-state index in [1.54, 1.807) is 60.7 Å². The Kier molecular flexibility index (Phi) is 6.05. The Bertz CT molecular complexity index is 1290. The molecular weight excluding hydrogens is 444 g/mol. The molecule has 1 saturated heterocycles. The average Bonchev–Trinajstić information content (AvgIpc) is 3.30. The zero-order valence-electron chi connectivity index (χ0n) is 17.7. The van der Waals surface area contributed by atoms with Crippen molar-refractivity contribution in [2.24, 2.45) is 0 Å². The number of nitrogens with one attached hydrogen (secondary N) is 1. The number of methoxy groups -OCH3 is 2. The lowest BCUT2D eigenvalue weighted by atomic mass is 10.1. The Labute approximate surface area is 194 Å². The van der Waals surface area contributed by atoms with Crippen LogP contribution in [0.1, 0.15) is 16.1 Å². The fourth-order valence-corrected chi connectivity index (χ4v) is 3.58. The SMILES string of the molecule is COC(=O)c1ccc(-c2ccc(/C=C3\C(=O)NC(=S)N(c4ccccc4OC)C3=O)o2)cc1. The van der Waals surface area contributed by atoms with Gasteiger partial charge in [-0.05, 0) is 54.7 Å². The summed E-state index contributed by atoms with van der Waals surface area (Å²) < 4.78 is 15.8. The zero-order chi connectivity index (χ0) is 23.5. The molecular formula is C24H18N2O6S. The van der Waals surface area contributed by atoms with Gasteiger partial charge in [0.1, 0.15) is 22.8 Å². The first-order valence-electron chi connectivity index (χ1n) is 9.76. The summed E-state index contributed by atoms with van der Waals surface area (Å²) in [6.07, 6.45) is 1.36. The number of hydrogen-bond donors (Lipinski definition) is 1. The molecule has 9 heteroatoms. The lowest BCUT2D eigenvalue weighted by molar-refractivity contribution is -0.122. The Hall–Kier alpha value is -4.24. The van der Waals surface area contributed by atoms with Crippen LogP contribution in [0.3, 0.4) is 0 Å². The van der Waals surface area contributed by atoms with Crippen LogP contribution in [0.25, 0.3) is 17.4 Å². The number of para-hydroxylation sites is 2. The van der Waals surface area contributed by atoms with Crippen LogP contribution in [-0.2, 0) is 14.3 Å². The van der Waals surface area contributed by atoms with Gasteiger partial charge >= 0.3 is 5.97 Å². The first kappa shape index (κ1) is 22.0. The maximum atomic E-state index is 13.2. The fourth-order valence-electron chi connectivity index (χ4n) is 3.31. The van der Waals surface area contributed by atoms with Crippen LogP contribution in [0.2, 0.25) is 0 Å². The smallest absolute Gasteiger partial charge is 0.337 e. The van der Waals surface area contributed by atoms with Gasteiger partial charge in [-0.1, -0.05) is 24.3 Å². The third kappa shape index (κ3) is 4.26. The van der Waals surface area contributed by atoms with Crippen molar-refractivity contribution in [3.63, 3.8) is 0 Å². The summed E-state index contributed by atoms with van der Waals surface area (Å²) in [5.74, 6) is -0.442. The van der Waals surface area contributed by atoms with Crippen LogP contribution in [0, 0.1) is 0 Å². The highest BCUT2D eigenvalue weighted by Gasteiger charge is 2.36. The fraction of sp³-hybridized carbons (Fsp3) is 0.0833. The largest absolute Gasteiger partial charge is 0.495 e. The summed E-state index contributed by atoms with van der Waals surface area (Å²) in [7, 11) is 2.79. The molecule has 2 heterocycles. The van der Waals surface area contributed by atoms with Crippen molar-refractivity contribution < 1.29 is 28.3 Å². The minimum absolute atomic E-state index is 0.0440. The molecule has 0 saturated carbocycles. The first-order chi connectivity index (χ1) is 15.9. The summed E-state index contributed by atoms with van der Waals surface area (Å²) in [6.45, 7) is 0. The van der Waals surface area contributed by atoms with Crippen molar-refractivity contribution in [1.29, 1.82) is 0 Å². The normalized spacial score (nSPS) is 14.9. The Morgan fingerprint density at radius 1 is 1.03 bits per heavy atom. The standard InChI is InChI=1S/C24H18N2O6S/c1-30-20-6-4-3-5-18(20)26-22(28)17(21(27)25-24(26)33)13-16-11-12-19(32-16)14-7-9-15(10-8-14)23(29)31-2/h3-13H,1-2H3,(H,25,27,33)/b17-13+. The van der Waals surface area contributed by atoms with E-state index in [0.29, 0.717) is 34.1 Å². The van der Waals surface area contributed by atoms with Gasteiger partial charge in [0.2, 0.25) is 0 Å². The summed E-state index contributed by atoms with van der Waals surface area (Å²) >= 11 is 5.23. The minimum Gasteiger partial charge on any atom is -0.495 e. The van der Waals surface area contributed by atoms with Gasteiger partial charge in [-0.3, -0.25) is 14.9 Å². The molecule has 0 radical (unpaired) electrons. The summed E-state index contributed by atoms with van der Waals surface area (Å²) in [5.41, 5.74) is 1.39. The quantitative estimate of drug-likeness (QED) is 0.268. The van der Waals surface area contributed by atoms with Crippen molar-refractivity contribution in [2.45, 2.75) is 0 Å². The van der Waals surface area contributed by atoms with Gasteiger partial charge in [0.25, 0.3) is 11.8 Å². The molecule has 1 N–H and O–H groups in total. The molecule has 2 amide bonds. The topological polar surface area (TPSA) is 98.1 Å². The van der Waals surface area contributed by atoms with Gasteiger partial charge in [-0.2, -0.15) is 0 Å². The number of thiocarbonyl (C=S) groups is 1. The van der Waals surface area contributed by atoms with Crippen LogP contribution >= 0.6 is 12.2 Å². The molecule has 4 rings (SSSR count). The molecule has 1 aliphatic rings. The van der Waals surface area contributed by atoms with Crippen molar-refractivity contribution in [1.82, 2.24) is 5.32 Å². The average molecular weight is 462 g/mol. The highest BCUT2D eigenvalue weighted by atomic mass is 32.1. The van der Waals surface area contributed by atoms with Gasteiger partial charge < -0.3 is 13.9 Å². The molecule has 3 aromatic rings. The number of rotatable bonds is 5. The highest BCUT2D eigenvalue weighted by molar-refractivity contribution is 7.80. The first-order valence-corrected chi connectivity index (χ1v) is 10.2. The summed E-state index contributed by atoms with van der Waals surface area (Å²) in [5, 5.41) is 2.49. The number of nitrogens with zero attached hydrogens (tertiary/aromatic N) is 1. The number of anilines is 1. The molecule has 0 spiro atoms. The predicted molar refractivity (Wildman–Crippen MR) is 125 cm³/mol. The lowest BCUT2D eigenvalue weighted by Crippen LogP contribution is -2.54. The lowest BCUT2D eigenvalue weighted by Gasteiger charge is -2.29. The second kappa shape index (κ2) is 9.09. The van der Waals surface area contributed by atoms with Crippen LogP contribution in [0.15, 0.2) is 70.7 Å². The maximum absolute atomic E-state index is 13.2. The molecule has 0 atom stereocenters. The van der Waals surface area contributed by atoms with Crippen molar-refractivity contribution in [3.05, 3.63) is 77.6 Å². The van der Waals surface area contributed by atoms with Crippen LogP contribution < -0.4 is 15.0 Å². The van der Waals surface area contributed by atoms with E-state index < -0.39 is 17.8 Å². The predicted octanol–water partition coefficient (Wildman–Crippen LogP) is 3.57. The Morgan fingerprint density at radius 2 is 1.76 bits per heavy atom. The van der Waals surface area contributed by atoms with E-state index in [0.717, 1.165) is 0 Å². The van der Waals surface area contributed by atoms with Gasteiger partial charge in [0, 0.05) is 5.56 Å². The van der Waals surface area contributed by atoms with E-state index in [1.165, 1.54) is 25.2 Å². The molecule has 1 aromatic heterocycles. The van der Waals surface area contributed by atoms with E-state index in [2.05, 4.69) is 5.32 Å². The summed E-state index contributed by atoms with van der Waals surface area (Å²) in [4.78, 5) is 38.5. The number of hydrogen-bond acceptors (Lipinski definition) is 7. The number of benzene rings is 2. The highest BCUT2D eigenvalue weighted by Crippen LogP contribution is 2.31. The second-order valence-electron chi connectivity index (χ2n) is 6.90. The molecule has 0 bridgehead atoms. The number of carbonyl (C=O) groups is 3. The van der Waals surface area contributed by atoms with Crippen LogP contribution in [0.4, 0.5) is 5.69 Å². The zero-order valence-corrected chi connectivity index (χ0v) is 18.5. The van der Waals surface area contributed by atoms with Gasteiger partial charge in [0.15, 0.2) is 5.11 Å². The minimum atomic E-state index is -0.628. The van der Waals surface area contributed by atoms with Crippen LogP contribution in [-0.4, -0.2) is 37.1 Å². The number of ether oxygens (including phenoxy) is 2. The van der Waals surface area contributed by atoms with Gasteiger partial charge in [-0.25, -0.2) is 9.69 Å². The van der Waals surface area contributed by atoms with Crippen molar-refractivity contribution >= 4 is 46.9 Å². The Morgan fingerprint density at radius 3 is 2.45 bits per heavy atom. The molecule has 2 aromatic carbocycles. The van der Waals surface area contributed by atoms with E-state index in [9.17, 15) is 14.4 Å². The van der Waals surface area contributed by atoms with Crippen LogP contribution in [0.5, 0.6) is 5.75 Å². The van der Waals surface area contributed by atoms with Crippen molar-refractivity contribution in [2.75, 3.05) is 19.1 Å². The van der Waals surface area contributed by atoms with E-state index in [1.807, 2.05) is 0 Å². The maximum Gasteiger partial charge on any atom is 0.337 e. The van der Waals surface area contributed by atoms with E-state index >= 15 is 0 Å². The number of esters is 1. The van der Waals surface area contributed by atoms with Gasteiger partial charge in [0.05, 0.1) is 25.5 Å². The molecule has 1 aliphatic heterocycles. The monoisotopic (exact) mass is 462 g/mol. The number of carbonyl (C=O) groups excluding carboxylic acids is 3. The molecule has 33 heavy (non-hydrogen) atoms. The molecule has 0 aliphatic carbocycles. The van der Waals surface area contributed by atoms with E-state index in [-0.39, 0.29) is 10.7 Å². The second-order valence-corrected chi connectivity index (χ2v) is 7.29. The molecule has 166 valence electrons. The number of amides is 2. The van der Waals surface area contributed by atoms with Crippen molar-refractivity contribution in [3.8, 4) is 17.1 Å². The molecule has 1 fully saturated rings. The van der Waals surface area contributed by atoms with E-state index in [4.69, 9.17) is 26.1 Å². The third-order valence-corrected chi connectivity index (χ3v) is 5.22. The third-order valence-electron chi connectivity index (χ3n) is 4.93. The number of furan rings is 1. The Balaban J connectivity index is 1.64. The summed E-state index contributed by atoms with van der Waals surface area (Å²) in [6, 6.07) is 16.8.